The summed E-state index contributed by atoms with van der Waals surface area (Å²) in [6, 6.07) is -2.00. The Bertz CT molecular complexity index is 304. The molecule has 2 amide bonds. The molecule has 0 aliphatic heterocycles. The molecule has 0 aromatic heterocycles. The van der Waals surface area contributed by atoms with Gasteiger partial charge in [0.2, 0.25) is 11.8 Å². The molecule has 0 aromatic rings. The minimum Gasteiger partial charge on any atom is -0.481 e. The van der Waals surface area contributed by atoms with Gasteiger partial charge in [0.25, 0.3) is 0 Å². The van der Waals surface area contributed by atoms with Crippen LogP contribution in [0.15, 0.2) is 0 Å². The second-order valence-corrected chi connectivity index (χ2v) is 4.30. The number of carbonyl (C=O) groups is 3. The predicted octanol–water partition coefficient (Wildman–Crippen LogP) is -1.20. The van der Waals surface area contributed by atoms with Gasteiger partial charge in [-0.15, -0.1) is 0 Å². The van der Waals surface area contributed by atoms with Crippen molar-refractivity contribution in [3.63, 3.8) is 0 Å². The fraction of sp³-hybridized carbons (Fsp3) is 0.700. The van der Waals surface area contributed by atoms with Gasteiger partial charge >= 0.3 is 5.97 Å². The Hall–Kier alpha value is -1.63. The lowest BCUT2D eigenvalue weighted by Crippen LogP contribution is -2.51. The fourth-order valence-corrected chi connectivity index (χ4v) is 1.28. The van der Waals surface area contributed by atoms with E-state index >= 15 is 0 Å². The Morgan fingerprint density at radius 3 is 2.18 bits per heavy atom. The molecule has 0 aliphatic carbocycles. The highest BCUT2D eigenvalue weighted by atomic mass is 16.4. The van der Waals surface area contributed by atoms with Crippen LogP contribution in [0.1, 0.15) is 26.7 Å². The molecule has 0 aliphatic rings. The van der Waals surface area contributed by atoms with E-state index in [2.05, 4.69) is 5.32 Å². The van der Waals surface area contributed by atoms with E-state index in [1.54, 1.807) is 0 Å². The summed E-state index contributed by atoms with van der Waals surface area (Å²) in [5, 5.41) is 10.8. The molecular weight excluding hydrogens is 226 g/mol. The first kappa shape index (κ1) is 15.4. The van der Waals surface area contributed by atoms with Crippen LogP contribution in [0.5, 0.6) is 0 Å². The molecule has 0 spiro atoms. The second kappa shape index (κ2) is 6.85. The molecule has 0 heterocycles. The van der Waals surface area contributed by atoms with Gasteiger partial charge in [0, 0.05) is 0 Å². The average molecular weight is 245 g/mol. The van der Waals surface area contributed by atoms with E-state index in [1.807, 2.05) is 13.8 Å². The Labute approximate surface area is 99.5 Å². The van der Waals surface area contributed by atoms with Crippen molar-refractivity contribution in [3.8, 4) is 0 Å². The molecule has 0 rings (SSSR count). The zero-order valence-corrected chi connectivity index (χ0v) is 9.97. The van der Waals surface area contributed by atoms with Gasteiger partial charge in [-0.05, 0) is 12.3 Å². The van der Waals surface area contributed by atoms with Gasteiger partial charge in [0.15, 0.2) is 0 Å². The number of carboxylic acid groups (broad SMARTS) is 1. The second-order valence-electron chi connectivity index (χ2n) is 4.30. The number of amides is 2. The maximum atomic E-state index is 11.5. The molecule has 0 saturated carbocycles. The summed E-state index contributed by atoms with van der Waals surface area (Å²) in [6.45, 7) is 3.75. The number of rotatable bonds is 7. The Morgan fingerprint density at radius 1 is 1.29 bits per heavy atom. The number of hydrogen-bond donors (Lipinski definition) is 4. The summed E-state index contributed by atoms with van der Waals surface area (Å²) in [5.41, 5.74) is 10.5. The number of hydrogen-bond acceptors (Lipinski definition) is 4. The summed E-state index contributed by atoms with van der Waals surface area (Å²) < 4.78 is 0. The van der Waals surface area contributed by atoms with E-state index in [1.165, 1.54) is 0 Å². The Morgan fingerprint density at radius 2 is 1.82 bits per heavy atom. The maximum absolute atomic E-state index is 11.5. The zero-order chi connectivity index (χ0) is 13.6. The quantitative estimate of drug-likeness (QED) is 0.447. The van der Waals surface area contributed by atoms with E-state index < -0.39 is 36.3 Å². The number of nitrogens with one attached hydrogen (secondary N) is 1. The third-order valence-corrected chi connectivity index (χ3v) is 2.10. The molecule has 0 unspecified atom stereocenters. The lowest BCUT2D eigenvalue weighted by molar-refractivity contribution is -0.139. The average Bonchev–Trinajstić information content (AvgIpc) is 2.14. The van der Waals surface area contributed by atoms with Crippen molar-refractivity contribution in [2.24, 2.45) is 17.4 Å². The summed E-state index contributed by atoms with van der Waals surface area (Å²) in [6.07, 6.45) is -0.0974. The first-order chi connectivity index (χ1) is 7.73. The highest BCUT2D eigenvalue weighted by Crippen LogP contribution is 2.04. The molecular formula is C10H19N3O4. The highest BCUT2D eigenvalue weighted by Gasteiger charge is 2.23. The van der Waals surface area contributed by atoms with Crippen molar-refractivity contribution >= 4 is 17.8 Å². The summed E-state index contributed by atoms with van der Waals surface area (Å²) in [4.78, 5) is 32.9. The molecule has 7 nitrogen and oxygen atoms in total. The number of carboxylic acids is 1. The normalized spacial score (nSPS) is 14.1. The van der Waals surface area contributed by atoms with Crippen LogP contribution in [0.25, 0.3) is 0 Å². The highest BCUT2D eigenvalue weighted by molar-refractivity contribution is 5.90. The molecule has 0 aromatic carbocycles. The van der Waals surface area contributed by atoms with Crippen molar-refractivity contribution < 1.29 is 19.5 Å². The molecule has 7 heteroatoms. The molecule has 2 atom stereocenters. The van der Waals surface area contributed by atoms with Crippen molar-refractivity contribution in [2.75, 3.05) is 0 Å². The van der Waals surface area contributed by atoms with E-state index in [0.29, 0.717) is 6.42 Å². The number of primary amides is 1. The van der Waals surface area contributed by atoms with Crippen LogP contribution in [0.4, 0.5) is 0 Å². The van der Waals surface area contributed by atoms with Gasteiger partial charge in [0.05, 0.1) is 12.5 Å². The first-order valence-electron chi connectivity index (χ1n) is 5.31. The molecule has 17 heavy (non-hydrogen) atoms. The summed E-state index contributed by atoms with van der Waals surface area (Å²) in [7, 11) is 0. The van der Waals surface area contributed by atoms with Crippen LogP contribution in [-0.2, 0) is 14.4 Å². The Balaban J connectivity index is 4.39. The molecule has 0 saturated heterocycles. The van der Waals surface area contributed by atoms with Crippen LogP contribution in [0.3, 0.4) is 0 Å². The number of carbonyl (C=O) groups excluding carboxylic acids is 2. The van der Waals surface area contributed by atoms with Crippen LogP contribution >= 0.6 is 0 Å². The molecule has 0 bridgehead atoms. The number of nitrogens with two attached hydrogens (primary N) is 2. The molecule has 0 fully saturated rings. The standard InChI is InChI=1S/C10H19N3O4/c1-5(2)3-7(9(12)16)13-10(17)6(11)4-8(14)15/h5-7H,3-4,11H2,1-2H3,(H2,12,16)(H,13,17)(H,14,15)/t6-,7-/m1/s1. The van der Waals surface area contributed by atoms with Crippen molar-refractivity contribution in [3.05, 3.63) is 0 Å². The van der Waals surface area contributed by atoms with Gasteiger partial charge in [0.1, 0.15) is 6.04 Å². The molecule has 98 valence electrons. The fourth-order valence-electron chi connectivity index (χ4n) is 1.28. The topological polar surface area (TPSA) is 136 Å². The van der Waals surface area contributed by atoms with Crippen LogP contribution in [-0.4, -0.2) is 35.0 Å². The van der Waals surface area contributed by atoms with Crippen molar-refractivity contribution in [1.82, 2.24) is 5.32 Å². The third-order valence-electron chi connectivity index (χ3n) is 2.10. The largest absolute Gasteiger partial charge is 0.481 e. The van der Waals surface area contributed by atoms with Crippen molar-refractivity contribution in [2.45, 2.75) is 38.8 Å². The van der Waals surface area contributed by atoms with Gasteiger partial charge in [-0.2, -0.15) is 0 Å². The monoisotopic (exact) mass is 245 g/mol. The minimum atomic E-state index is -1.18. The van der Waals surface area contributed by atoms with E-state index in [0.717, 1.165) is 0 Å². The van der Waals surface area contributed by atoms with Crippen LogP contribution in [0.2, 0.25) is 0 Å². The van der Waals surface area contributed by atoms with Crippen molar-refractivity contribution in [1.29, 1.82) is 0 Å². The number of aliphatic carboxylic acids is 1. The SMILES string of the molecule is CC(C)C[C@@H](NC(=O)[C@H](N)CC(=O)O)C(N)=O. The lowest BCUT2D eigenvalue weighted by Gasteiger charge is -2.19. The Kier molecular flexibility index (Phi) is 6.19. The smallest absolute Gasteiger partial charge is 0.305 e. The summed E-state index contributed by atoms with van der Waals surface area (Å²) >= 11 is 0. The van der Waals surface area contributed by atoms with Gasteiger partial charge in [-0.3, -0.25) is 14.4 Å². The maximum Gasteiger partial charge on any atom is 0.305 e. The summed E-state index contributed by atoms with van der Waals surface area (Å²) in [5.74, 6) is -2.35. The first-order valence-corrected chi connectivity index (χ1v) is 5.31. The third kappa shape index (κ3) is 6.52. The molecule has 6 N–H and O–H groups in total. The van der Waals surface area contributed by atoms with E-state index in [4.69, 9.17) is 16.6 Å². The van der Waals surface area contributed by atoms with Crippen LogP contribution < -0.4 is 16.8 Å². The van der Waals surface area contributed by atoms with E-state index in [9.17, 15) is 14.4 Å². The minimum absolute atomic E-state index is 0.170. The van der Waals surface area contributed by atoms with Crippen LogP contribution in [0, 0.1) is 5.92 Å². The zero-order valence-electron chi connectivity index (χ0n) is 9.97. The predicted molar refractivity (Wildman–Crippen MR) is 60.8 cm³/mol. The van der Waals surface area contributed by atoms with E-state index in [-0.39, 0.29) is 5.92 Å². The van der Waals surface area contributed by atoms with Gasteiger partial charge in [-0.25, -0.2) is 0 Å². The lowest BCUT2D eigenvalue weighted by atomic mass is 10.0. The molecule has 0 radical (unpaired) electrons. The van der Waals surface area contributed by atoms with Gasteiger partial charge in [-0.1, -0.05) is 13.8 Å². The van der Waals surface area contributed by atoms with Gasteiger partial charge < -0.3 is 21.9 Å².